The number of allylic oxidation sites excluding steroid dienone is 1. The van der Waals surface area contributed by atoms with Crippen molar-refractivity contribution in [3.63, 3.8) is 0 Å². The summed E-state index contributed by atoms with van der Waals surface area (Å²) < 4.78 is 5.10. The Morgan fingerprint density at radius 3 is 3.00 bits per heavy atom. The van der Waals surface area contributed by atoms with Crippen molar-refractivity contribution >= 4 is 12.0 Å². The number of esters is 1. The molecule has 17 heavy (non-hydrogen) atoms. The van der Waals surface area contributed by atoms with Gasteiger partial charge < -0.3 is 9.72 Å². The minimum Gasteiger partial charge on any atom is -0.461 e. The molecule has 0 amide bonds. The van der Waals surface area contributed by atoms with Crippen LogP contribution in [0.4, 0.5) is 0 Å². The highest BCUT2D eigenvalue weighted by atomic mass is 16.5. The third kappa shape index (κ3) is 2.28. The zero-order chi connectivity index (χ0) is 12.3. The summed E-state index contributed by atoms with van der Waals surface area (Å²) >= 11 is 0. The fraction of sp³-hybridized carbons (Fsp3) is 0.500. The highest BCUT2D eigenvalue weighted by Gasteiger charge is 2.21. The average Bonchev–Trinajstić information content (AvgIpc) is 2.70. The van der Waals surface area contributed by atoms with Crippen molar-refractivity contribution in [1.82, 2.24) is 4.98 Å². The summed E-state index contributed by atoms with van der Waals surface area (Å²) in [4.78, 5) is 15.1. The van der Waals surface area contributed by atoms with Crippen LogP contribution in [0, 0.1) is 0 Å². The molecule has 0 saturated heterocycles. The lowest BCUT2D eigenvalue weighted by atomic mass is 9.98. The number of carbonyl (C=O) groups excluding carboxylic acids is 1. The molecule has 0 unspecified atom stereocenters. The summed E-state index contributed by atoms with van der Waals surface area (Å²) in [6.45, 7) is 4.38. The van der Waals surface area contributed by atoms with Crippen molar-refractivity contribution in [2.75, 3.05) is 6.61 Å². The Bertz CT molecular complexity index is 443. The van der Waals surface area contributed by atoms with Crippen LogP contribution in [0.25, 0.3) is 6.08 Å². The van der Waals surface area contributed by atoms with E-state index >= 15 is 0 Å². The van der Waals surface area contributed by atoms with E-state index in [1.807, 2.05) is 6.92 Å². The van der Waals surface area contributed by atoms with E-state index in [4.69, 9.17) is 4.74 Å². The SMILES string of the molecule is CCCc1c(C(=O)OCC)[nH]c2c1C=CCC2. The van der Waals surface area contributed by atoms with Gasteiger partial charge in [-0.15, -0.1) is 0 Å². The van der Waals surface area contributed by atoms with E-state index in [0.717, 1.165) is 31.2 Å². The predicted molar refractivity (Wildman–Crippen MR) is 68.1 cm³/mol. The van der Waals surface area contributed by atoms with Crippen molar-refractivity contribution in [3.05, 3.63) is 28.6 Å². The molecule has 92 valence electrons. The fourth-order valence-electron chi connectivity index (χ4n) is 2.32. The first kappa shape index (κ1) is 12.0. The molecule has 3 heteroatoms. The van der Waals surface area contributed by atoms with E-state index in [0.29, 0.717) is 12.3 Å². The third-order valence-electron chi connectivity index (χ3n) is 3.05. The van der Waals surface area contributed by atoms with Gasteiger partial charge in [0.2, 0.25) is 0 Å². The van der Waals surface area contributed by atoms with Gasteiger partial charge in [0.25, 0.3) is 0 Å². The van der Waals surface area contributed by atoms with Gasteiger partial charge in [-0.05, 0) is 37.3 Å². The van der Waals surface area contributed by atoms with Gasteiger partial charge >= 0.3 is 5.97 Å². The Morgan fingerprint density at radius 1 is 1.47 bits per heavy atom. The van der Waals surface area contributed by atoms with Crippen molar-refractivity contribution in [1.29, 1.82) is 0 Å². The lowest BCUT2D eigenvalue weighted by Gasteiger charge is -2.06. The largest absolute Gasteiger partial charge is 0.461 e. The number of ether oxygens (including phenoxy) is 1. The maximum atomic E-state index is 11.9. The van der Waals surface area contributed by atoms with Gasteiger partial charge in [0, 0.05) is 5.69 Å². The molecule has 1 aromatic heterocycles. The number of aryl methyl sites for hydroxylation is 1. The van der Waals surface area contributed by atoms with E-state index in [9.17, 15) is 4.79 Å². The number of nitrogens with one attached hydrogen (secondary N) is 1. The number of H-pyrrole nitrogens is 1. The molecule has 2 rings (SSSR count). The lowest BCUT2D eigenvalue weighted by molar-refractivity contribution is 0.0519. The second-order valence-electron chi connectivity index (χ2n) is 4.28. The second kappa shape index (κ2) is 5.21. The molecule has 0 spiro atoms. The molecule has 0 atom stereocenters. The number of fused-ring (bicyclic) bond motifs is 1. The molecule has 1 aromatic rings. The molecule has 1 heterocycles. The molecule has 0 bridgehead atoms. The van der Waals surface area contributed by atoms with Gasteiger partial charge in [0.15, 0.2) is 0 Å². The van der Waals surface area contributed by atoms with Crippen LogP contribution in [-0.2, 0) is 17.6 Å². The van der Waals surface area contributed by atoms with Crippen molar-refractivity contribution in [2.45, 2.75) is 39.5 Å². The fourth-order valence-corrected chi connectivity index (χ4v) is 2.32. The van der Waals surface area contributed by atoms with E-state index in [2.05, 4.69) is 24.1 Å². The number of rotatable bonds is 4. The van der Waals surface area contributed by atoms with E-state index in [-0.39, 0.29) is 5.97 Å². The predicted octanol–water partition coefficient (Wildman–Crippen LogP) is 3.10. The Morgan fingerprint density at radius 2 is 2.29 bits per heavy atom. The number of carbonyl (C=O) groups is 1. The van der Waals surface area contributed by atoms with E-state index in [1.54, 1.807) is 0 Å². The quantitative estimate of drug-likeness (QED) is 0.812. The second-order valence-corrected chi connectivity index (χ2v) is 4.28. The molecule has 0 aliphatic heterocycles. The van der Waals surface area contributed by atoms with Crippen LogP contribution >= 0.6 is 0 Å². The molecule has 0 saturated carbocycles. The number of hydrogen-bond acceptors (Lipinski definition) is 2. The summed E-state index contributed by atoms with van der Waals surface area (Å²) in [5.41, 5.74) is 4.17. The molecule has 0 aromatic carbocycles. The zero-order valence-corrected chi connectivity index (χ0v) is 10.5. The summed E-state index contributed by atoms with van der Waals surface area (Å²) in [7, 11) is 0. The van der Waals surface area contributed by atoms with Crippen LogP contribution in [0.5, 0.6) is 0 Å². The van der Waals surface area contributed by atoms with Crippen LogP contribution in [0.2, 0.25) is 0 Å². The Labute approximate surface area is 102 Å². The van der Waals surface area contributed by atoms with Crippen LogP contribution in [0.3, 0.4) is 0 Å². The molecule has 0 radical (unpaired) electrons. The van der Waals surface area contributed by atoms with Gasteiger partial charge in [0.05, 0.1) is 6.61 Å². The van der Waals surface area contributed by atoms with Crippen LogP contribution in [-0.4, -0.2) is 17.6 Å². The van der Waals surface area contributed by atoms with Crippen molar-refractivity contribution in [2.24, 2.45) is 0 Å². The topological polar surface area (TPSA) is 42.1 Å². The number of aromatic amines is 1. The maximum absolute atomic E-state index is 11.9. The van der Waals surface area contributed by atoms with Gasteiger partial charge in [-0.2, -0.15) is 0 Å². The Hall–Kier alpha value is -1.51. The summed E-state index contributed by atoms with van der Waals surface area (Å²) in [6.07, 6.45) is 8.28. The van der Waals surface area contributed by atoms with E-state index in [1.165, 1.54) is 11.3 Å². The van der Waals surface area contributed by atoms with Crippen molar-refractivity contribution in [3.8, 4) is 0 Å². The highest BCUT2D eigenvalue weighted by Crippen LogP contribution is 2.27. The first-order valence-electron chi connectivity index (χ1n) is 6.35. The molecular formula is C14H19NO2. The van der Waals surface area contributed by atoms with E-state index < -0.39 is 0 Å². The average molecular weight is 233 g/mol. The van der Waals surface area contributed by atoms with Crippen LogP contribution in [0.15, 0.2) is 6.08 Å². The lowest BCUT2D eigenvalue weighted by Crippen LogP contribution is -2.08. The van der Waals surface area contributed by atoms with Crippen LogP contribution in [0.1, 0.15) is 54.0 Å². The highest BCUT2D eigenvalue weighted by molar-refractivity contribution is 5.91. The van der Waals surface area contributed by atoms with Gasteiger partial charge in [-0.25, -0.2) is 4.79 Å². The molecular weight excluding hydrogens is 214 g/mol. The smallest absolute Gasteiger partial charge is 0.355 e. The van der Waals surface area contributed by atoms with Crippen LogP contribution < -0.4 is 0 Å². The minimum atomic E-state index is -0.223. The molecule has 0 fully saturated rings. The monoisotopic (exact) mass is 233 g/mol. The first-order chi connectivity index (χ1) is 8.27. The normalized spacial score (nSPS) is 13.5. The minimum absolute atomic E-state index is 0.223. The molecule has 1 aliphatic carbocycles. The summed E-state index contributed by atoms with van der Waals surface area (Å²) in [5.74, 6) is -0.223. The Kier molecular flexibility index (Phi) is 3.67. The maximum Gasteiger partial charge on any atom is 0.355 e. The standard InChI is InChI=1S/C14H19NO2/c1-3-7-11-10-8-5-6-9-12(10)15-13(11)14(16)17-4-2/h5,8,15H,3-4,6-7,9H2,1-2H3. The van der Waals surface area contributed by atoms with Crippen molar-refractivity contribution < 1.29 is 9.53 Å². The zero-order valence-electron chi connectivity index (χ0n) is 10.5. The number of aromatic nitrogens is 1. The third-order valence-corrected chi connectivity index (χ3v) is 3.05. The molecule has 1 N–H and O–H groups in total. The van der Waals surface area contributed by atoms with Gasteiger partial charge in [-0.3, -0.25) is 0 Å². The summed E-state index contributed by atoms with van der Waals surface area (Å²) in [6, 6.07) is 0. The summed E-state index contributed by atoms with van der Waals surface area (Å²) in [5, 5.41) is 0. The Balaban J connectivity index is 2.40. The number of hydrogen-bond donors (Lipinski definition) is 1. The molecule has 3 nitrogen and oxygen atoms in total. The van der Waals surface area contributed by atoms with Gasteiger partial charge in [0.1, 0.15) is 5.69 Å². The van der Waals surface area contributed by atoms with Gasteiger partial charge in [-0.1, -0.05) is 25.5 Å². The molecule has 1 aliphatic rings. The first-order valence-corrected chi connectivity index (χ1v) is 6.35.